The largest absolute Gasteiger partial charge is 0.398 e. The highest BCUT2D eigenvalue weighted by Crippen LogP contribution is 2.21. The minimum Gasteiger partial charge on any atom is -0.398 e. The van der Waals surface area contributed by atoms with E-state index >= 15 is 0 Å². The van der Waals surface area contributed by atoms with Gasteiger partial charge in [0.2, 0.25) is 5.91 Å². The Labute approximate surface area is 120 Å². The van der Waals surface area contributed by atoms with Crippen molar-refractivity contribution in [1.29, 1.82) is 0 Å². The maximum absolute atomic E-state index is 12.4. The van der Waals surface area contributed by atoms with E-state index in [0.717, 1.165) is 12.1 Å². The van der Waals surface area contributed by atoms with Crippen LogP contribution in [0.3, 0.4) is 0 Å². The summed E-state index contributed by atoms with van der Waals surface area (Å²) in [6.07, 6.45) is 0.523. The number of rotatable bonds is 4. The van der Waals surface area contributed by atoms with E-state index in [4.69, 9.17) is 5.73 Å². The lowest BCUT2D eigenvalue weighted by Crippen LogP contribution is -2.42. The molecule has 0 radical (unpaired) electrons. The fraction of sp³-hybridized carbons (Fsp3) is 0.533. The van der Waals surface area contributed by atoms with Crippen molar-refractivity contribution in [3.05, 3.63) is 29.8 Å². The Morgan fingerprint density at radius 2 is 2.15 bits per heavy atom. The van der Waals surface area contributed by atoms with Gasteiger partial charge < -0.3 is 20.6 Å². The zero-order valence-corrected chi connectivity index (χ0v) is 12.1. The molecule has 0 aromatic heterocycles. The van der Waals surface area contributed by atoms with Gasteiger partial charge in [-0.05, 0) is 32.1 Å². The van der Waals surface area contributed by atoms with Crippen LogP contribution in [-0.4, -0.2) is 60.1 Å². The monoisotopic (exact) mass is 277 g/mol. The van der Waals surface area contributed by atoms with E-state index in [1.165, 1.54) is 0 Å². The minimum absolute atomic E-state index is 0.0336. The Hall–Kier alpha value is -1.59. The number of anilines is 1. The molecule has 1 amide bonds. The van der Waals surface area contributed by atoms with Crippen molar-refractivity contribution in [2.45, 2.75) is 25.0 Å². The molecule has 2 rings (SSSR count). The average Bonchev–Trinajstić information content (AvgIpc) is 2.72. The molecule has 2 atom stereocenters. The first-order chi connectivity index (χ1) is 9.47. The number of nitrogens with zero attached hydrogens (tertiary/aromatic N) is 2. The van der Waals surface area contributed by atoms with Crippen LogP contribution in [0.1, 0.15) is 12.0 Å². The number of nitrogens with two attached hydrogens (primary N) is 1. The fourth-order valence-corrected chi connectivity index (χ4v) is 2.75. The summed E-state index contributed by atoms with van der Waals surface area (Å²) in [6.45, 7) is 1.19. The van der Waals surface area contributed by atoms with Gasteiger partial charge in [0, 0.05) is 24.8 Å². The van der Waals surface area contributed by atoms with Crippen LogP contribution in [0.25, 0.3) is 0 Å². The molecular formula is C15H23N3O2. The number of aliphatic hydroxyl groups excluding tert-OH is 1. The molecule has 1 saturated heterocycles. The molecule has 0 bridgehead atoms. The number of hydrogen-bond donors (Lipinski definition) is 2. The lowest BCUT2D eigenvalue weighted by atomic mass is 10.1. The van der Waals surface area contributed by atoms with Gasteiger partial charge in [-0.25, -0.2) is 0 Å². The van der Waals surface area contributed by atoms with E-state index in [-0.39, 0.29) is 11.9 Å². The predicted octanol–water partition coefficient (Wildman–Crippen LogP) is 0.335. The van der Waals surface area contributed by atoms with E-state index in [1.807, 2.05) is 37.2 Å². The van der Waals surface area contributed by atoms with Crippen molar-refractivity contribution >= 4 is 11.6 Å². The number of hydrogen-bond acceptors (Lipinski definition) is 4. The molecule has 110 valence electrons. The summed E-state index contributed by atoms with van der Waals surface area (Å²) in [5.41, 5.74) is 7.37. The second-order valence-corrected chi connectivity index (χ2v) is 5.73. The summed E-state index contributed by atoms with van der Waals surface area (Å²) in [7, 11) is 3.95. The van der Waals surface area contributed by atoms with Crippen LogP contribution in [0.15, 0.2) is 24.3 Å². The van der Waals surface area contributed by atoms with Crippen LogP contribution in [0.5, 0.6) is 0 Å². The molecule has 20 heavy (non-hydrogen) atoms. The summed E-state index contributed by atoms with van der Waals surface area (Å²) in [4.78, 5) is 16.3. The first kappa shape index (κ1) is 14.8. The topological polar surface area (TPSA) is 69.8 Å². The summed E-state index contributed by atoms with van der Waals surface area (Å²) in [6, 6.07) is 7.50. The second kappa shape index (κ2) is 6.24. The molecule has 5 nitrogen and oxygen atoms in total. The van der Waals surface area contributed by atoms with E-state index < -0.39 is 6.10 Å². The third-order valence-corrected chi connectivity index (χ3v) is 3.69. The quantitative estimate of drug-likeness (QED) is 0.778. The molecule has 1 aromatic carbocycles. The highest BCUT2D eigenvalue weighted by Gasteiger charge is 2.34. The third-order valence-electron chi connectivity index (χ3n) is 3.69. The zero-order valence-electron chi connectivity index (χ0n) is 12.1. The second-order valence-electron chi connectivity index (χ2n) is 5.73. The number of likely N-dealkylation sites (N-methyl/N-ethyl adjacent to an activating group) is 1. The van der Waals surface area contributed by atoms with Gasteiger partial charge in [0.15, 0.2) is 0 Å². The van der Waals surface area contributed by atoms with Gasteiger partial charge in [0.25, 0.3) is 0 Å². The molecule has 1 aromatic rings. The van der Waals surface area contributed by atoms with Gasteiger partial charge in [0.05, 0.1) is 12.5 Å². The van der Waals surface area contributed by atoms with E-state index in [2.05, 4.69) is 0 Å². The summed E-state index contributed by atoms with van der Waals surface area (Å²) < 4.78 is 0. The van der Waals surface area contributed by atoms with Crippen molar-refractivity contribution in [2.24, 2.45) is 0 Å². The number of β-amino-alcohol motifs (C(OH)–C–C–N with tert-alkyl or cyclic N) is 1. The average molecular weight is 277 g/mol. The predicted molar refractivity (Wildman–Crippen MR) is 79.2 cm³/mol. The van der Waals surface area contributed by atoms with Gasteiger partial charge in [-0.2, -0.15) is 0 Å². The Kier molecular flexibility index (Phi) is 4.62. The Morgan fingerprint density at radius 1 is 1.45 bits per heavy atom. The van der Waals surface area contributed by atoms with Crippen molar-refractivity contribution in [3.8, 4) is 0 Å². The number of carbonyl (C=O) groups excluding carboxylic acids is 1. The highest BCUT2D eigenvalue weighted by atomic mass is 16.3. The number of para-hydroxylation sites is 1. The normalized spacial score (nSPS) is 22.5. The zero-order chi connectivity index (χ0) is 14.7. The van der Waals surface area contributed by atoms with Crippen LogP contribution < -0.4 is 5.73 Å². The molecule has 0 spiro atoms. The van der Waals surface area contributed by atoms with Crippen LogP contribution >= 0.6 is 0 Å². The molecule has 1 aliphatic heterocycles. The number of aliphatic hydroxyl groups is 1. The van der Waals surface area contributed by atoms with Gasteiger partial charge in [-0.15, -0.1) is 0 Å². The van der Waals surface area contributed by atoms with Crippen molar-refractivity contribution in [2.75, 3.05) is 32.9 Å². The number of benzene rings is 1. The molecule has 1 heterocycles. The molecule has 0 aliphatic carbocycles. The summed E-state index contributed by atoms with van der Waals surface area (Å²) in [5.74, 6) is 0.0336. The standard InChI is InChI=1S/C15H23N3O2/c1-17(2)9-12-8-13(19)10-18(12)15(20)7-11-5-3-4-6-14(11)16/h3-6,12-13,19H,7-10,16H2,1-2H3. The van der Waals surface area contributed by atoms with E-state index in [1.54, 1.807) is 11.0 Å². The first-order valence-electron chi connectivity index (χ1n) is 6.93. The van der Waals surface area contributed by atoms with Crippen LogP contribution in [0.4, 0.5) is 5.69 Å². The van der Waals surface area contributed by atoms with Gasteiger partial charge in [-0.1, -0.05) is 18.2 Å². The van der Waals surface area contributed by atoms with E-state index in [0.29, 0.717) is 25.1 Å². The van der Waals surface area contributed by atoms with Crippen molar-refractivity contribution in [3.63, 3.8) is 0 Å². The number of amides is 1. The summed E-state index contributed by atoms with van der Waals surface area (Å²) >= 11 is 0. The highest BCUT2D eigenvalue weighted by molar-refractivity contribution is 5.81. The molecule has 0 saturated carbocycles. The third kappa shape index (κ3) is 3.49. The number of nitrogen functional groups attached to an aromatic ring is 1. The van der Waals surface area contributed by atoms with Crippen molar-refractivity contribution < 1.29 is 9.90 Å². The van der Waals surface area contributed by atoms with Crippen LogP contribution in [0, 0.1) is 0 Å². The SMILES string of the molecule is CN(C)CC1CC(O)CN1C(=O)Cc1ccccc1N. The lowest BCUT2D eigenvalue weighted by molar-refractivity contribution is -0.131. The molecule has 1 aliphatic rings. The summed E-state index contributed by atoms with van der Waals surface area (Å²) in [5, 5.41) is 9.82. The smallest absolute Gasteiger partial charge is 0.227 e. The molecular weight excluding hydrogens is 254 g/mol. The lowest BCUT2D eigenvalue weighted by Gasteiger charge is -2.27. The Balaban J connectivity index is 2.05. The van der Waals surface area contributed by atoms with E-state index in [9.17, 15) is 9.90 Å². The molecule has 3 N–H and O–H groups in total. The minimum atomic E-state index is -0.419. The van der Waals surface area contributed by atoms with Crippen molar-refractivity contribution in [1.82, 2.24) is 9.80 Å². The molecule has 1 fully saturated rings. The van der Waals surface area contributed by atoms with Gasteiger partial charge in [0.1, 0.15) is 0 Å². The first-order valence-corrected chi connectivity index (χ1v) is 6.93. The molecule has 5 heteroatoms. The fourth-order valence-electron chi connectivity index (χ4n) is 2.75. The van der Waals surface area contributed by atoms with Gasteiger partial charge in [-0.3, -0.25) is 4.79 Å². The maximum Gasteiger partial charge on any atom is 0.227 e. The number of likely N-dealkylation sites (tertiary alicyclic amines) is 1. The molecule has 2 unspecified atom stereocenters. The Morgan fingerprint density at radius 3 is 2.80 bits per heavy atom. The number of carbonyl (C=O) groups is 1. The van der Waals surface area contributed by atoms with Crippen LogP contribution in [0.2, 0.25) is 0 Å². The van der Waals surface area contributed by atoms with Crippen LogP contribution in [-0.2, 0) is 11.2 Å². The van der Waals surface area contributed by atoms with Gasteiger partial charge >= 0.3 is 0 Å². The maximum atomic E-state index is 12.4. The Bertz CT molecular complexity index is 476.